The largest absolute Gasteiger partial charge is 0.370 e. The summed E-state index contributed by atoms with van der Waals surface area (Å²) in [6, 6.07) is 19.7. The maximum atomic E-state index is 12.3. The number of allylic oxidation sites excluding steroid dienone is 1. The van der Waals surface area contributed by atoms with Crippen molar-refractivity contribution >= 4 is 5.78 Å². The first kappa shape index (κ1) is 13.4. The van der Waals surface area contributed by atoms with Crippen LogP contribution in [-0.2, 0) is 6.54 Å². The van der Waals surface area contributed by atoms with Gasteiger partial charge in [-0.1, -0.05) is 60.7 Å². The minimum Gasteiger partial charge on any atom is -0.370 e. The zero-order valence-corrected chi connectivity index (χ0v) is 11.8. The van der Waals surface area contributed by atoms with E-state index in [-0.39, 0.29) is 5.78 Å². The summed E-state index contributed by atoms with van der Waals surface area (Å²) < 4.78 is 0. The zero-order valence-electron chi connectivity index (χ0n) is 11.8. The summed E-state index contributed by atoms with van der Waals surface area (Å²) in [5.41, 5.74) is 1.97. The Kier molecular flexibility index (Phi) is 4.01. The maximum Gasteiger partial charge on any atom is 0.189 e. The molecule has 0 aliphatic carbocycles. The van der Waals surface area contributed by atoms with Gasteiger partial charge in [0.05, 0.1) is 0 Å². The number of carbonyl (C=O) groups is 1. The molecule has 0 bridgehead atoms. The van der Waals surface area contributed by atoms with E-state index in [9.17, 15) is 4.79 Å². The van der Waals surface area contributed by atoms with Gasteiger partial charge >= 0.3 is 0 Å². The molecule has 3 nitrogen and oxygen atoms in total. The summed E-state index contributed by atoms with van der Waals surface area (Å²) in [7, 11) is 0. The predicted molar refractivity (Wildman–Crippen MR) is 83.7 cm³/mol. The standard InChI is InChI=1S/C18H18N2O/c21-17(16-9-5-2-6-10-16)13-18-19-11-12-20(18)14-15-7-3-1-4-8-15/h1-10,13,19H,11-12,14H2/b18-13-. The molecule has 21 heavy (non-hydrogen) atoms. The van der Waals surface area contributed by atoms with Gasteiger partial charge in [-0.25, -0.2) is 0 Å². The second-order valence-corrected chi connectivity index (χ2v) is 5.09. The molecule has 1 heterocycles. The third kappa shape index (κ3) is 3.31. The van der Waals surface area contributed by atoms with Crippen molar-refractivity contribution in [3.05, 3.63) is 83.7 Å². The SMILES string of the molecule is O=C(/C=C1/NCCN1Cc1ccccc1)c1ccccc1. The summed E-state index contributed by atoms with van der Waals surface area (Å²) in [6.07, 6.45) is 1.70. The molecule has 2 aromatic rings. The van der Waals surface area contributed by atoms with Crippen molar-refractivity contribution < 1.29 is 4.79 Å². The van der Waals surface area contributed by atoms with Crippen molar-refractivity contribution in [3.63, 3.8) is 0 Å². The molecular formula is C18H18N2O. The van der Waals surface area contributed by atoms with Gasteiger partial charge in [0.25, 0.3) is 0 Å². The van der Waals surface area contributed by atoms with Gasteiger partial charge in [0.15, 0.2) is 5.78 Å². The monoisotopic (exact) mass is 278 g/mol. The fourth-order valence-corrected chi connectivity index (χ4v) is 2.47. The Hall–Kier alpha value is -2.55. The summed E-state index contributed by atoms with van der Waals surface area (Å²) >= 11 is 0. The average molecular weight is 278 g/mol. The molecule has 1 aliphatic heterocycles. The normalized spacial score (nSPS) is 16.0. The average Bonchev–Trinajstić information content (AvgIpc) is 2.96. The zero-order chi connectivity index (χ0) is 14.5. The first-order valence-electron chi connectivity index (χ1n) is 7.17. The Bertz CT molecular complexity index is 635. The van der Waals surface area contributed by atoms with E-state index < -0.39 is 0 Å². The van der Waals surface area contributed by atoms with Crippen molar-refractivity contribution in [2.24, 2.45) is 0 Å². The first-order valence-corrected chi connectivity index (χ1v) is 7.17. The lowest BCUT2D eigenvalue weighted by atomic mass is 10.1. The number of hydrogen-bond donors (Lipinski definition) is 1. The molecule has 1 N–H and O–H groups in total. The van der Waals surface area contributed by atoms with Gasteiger partial charge in [-0.2, -0.15) is 0 Å². The Morgan fingerprint density at radius 2 is 1.71 bits per heavy atom. The second kappa shape index (κ2) is 6.27. The summed E-state index contributed by atoms with van der Waals surface area (Å²) in [5, 5.41) is 3.29. The van der Waals surface area contributed by atoms with Gasteiger partial charge < -0.3 is 10.2 Å². The Labute approximate surface area is 124 Å². The third-order valence-electron chi connectivity index (χ3n) is 3.57. The van der Waals surface area contributed by atoms with Gasteiger partial charge in [-0.3, -0.25) is 4.79 Å². The van der Waals surface area contributed by atoms with Gasteiger partial charge in [-0.15, -0.1) is 0 Å². The van der Waals surface area contributed by atoms with E-state index in [0.29, 0.717) is 0 Å². The number of carbonyl (C=O) groups excluding carboxylic acids is 1. The molecule has 0 saturated carbocycles. The highest BCUT2D eigenvalue weighted by Gasteiger charge is 2.17. The Morgan fingerprint density at radius 1 is 1.05 bits per heavy atom. The topological polar surface area (TPSA) is 32.3 Å². The van der Waals surface area contributed by atoms with E-state index in [1.807, 2.05) is 48.5 Å². The molecule has 0 amide bonds. The third-order valence-corrected chi connectivity index (χ3v) is 3.57. The number of nitrogens with one attached hydrogen (secondary N) is 1. The van der Waals surface area contributed by atoms with Crippen LogP contribution in [0.5, 0.6) is 0 Å². The summed E-state index contributed by atoms with van der Waals surface area (Å²) in [6.45, 7) is 2.62. The fraction of sp³-hybridized carbons (Fsp3) is 0.167. The van der Waals surface area contributed by atoms with Crippen LogP contribution in [-0.4, -0.2) is 23.8 Å². The van der Waals surface area contributed by atoms with E-state index in [1.54, 1.807) is 6.08 Å². The van der Waals surface area contributed by atoms with Gasteiger partial charge in [-0.05, 0) is 5.56 Å². The van der Waals surface area contributed by atoms with E-state index in [1.165, 1.54) is 5.56 Å². The molecular weight excluding hydrogens is 260 g/mol. The number of rotatable bonds is 4. The van der Waals surface area contributed by atoms with E-state index >= 15 is 0 Å². The van der Waals surface area contributed by atoms with Crippen LogP contribution in [0.4, 0.5) is 0 Å². The van der Waals surface area contributed by atoms with Crippen LogP contribution in [0.1, 0.15) is 15.9 Å². The van der Waals surface area contributed by atoms with Crippen LogP contribution in [0, 0.1) is 0 Å². The van der Waals surface area contributed by atoms with E-state index in [2.05, 4.69) is 22.3 Å². The lowest BCUT2D eigenvalue weighted by Gasteiger charge is -2.18. The number of benzene rings is 2. The van der Waals surface area contributed by atoms with Crippen LogP contribution in [0.15, 0.2) is 72.6 Å². The molecule has 2 aromatic carbocycles. The second-order valence-electron chi connectivity index (χ2n) is 5.09. The number of hydrogen-bond acceptors (Lipinski definition) is 3. The molecule has 0 atom stereocenters. The predicted octanol–water partition coefficient (Wildman–Crippen LogP) is 2.82. The van der Waals surface area contributed by atoms with Crippen LogP contribution >= 0.6 is 0 Å². The molecule has 106 valence electrons. The van der Waals surface area contributed by atoms with Crippen molar-refractivity contribution in [2.75, 3.05) is 13.1 Å². The summed E-state index contributed by atoms with van der Waals surface area (Å²) in [4.78, 5) is 14.5. The maximum absolute atomic E-state index is 12.3. The lowest BCUT2D eigenvalue weighted by Crippen LogP contribution is -2.20. The minimum absolute atomic E-state index is 0.0399. The lowest BCUT2D eigenvalue weighted by molar-refractivity contribution is 0.104. The van der Waals surface area contributed by atoms with Gasteiger partial charge in [0.1, 0.15) is 5.82 Å². The molecule has 1 aliphatic rings. The summed E-state index contributed by atoms with van der Waals surface area (Å²) in [5.74, 6) is 0.950. The molecule has 1 saturated heterocycles. The van der Waals surface area contributed by atoms with Crippen LogP contribution < -0.4 is 5.32 Å². The molecule has 3 rings (SSSR count). The van der Waals surface area contributed by atoms with Crippen LogP contribution in [0.2, 0.25) is 0 Å². The number of ketones is 1. The minimum atomic E-state index is 0.0399. The molecule has 0 spiro atoms. The van der Waals surface area contributed by atoms with Crippen molar-refractivity contribution in [3.8, 4) is 0 Å². The van der Waals surface area contributed by atoms with Crippen molar-refractivity contribution in [1.29, 1.82) is 0 Å². The molecule has 0 radical (unpaired) electrons. The van der Waals surface area contributed by atoms with Crippen LogP contribution in [0.25, 0.3) is 0 Å². The van der Waals surface area contributed by atoms with E-state index in [0.717, 1.165) is 31.0 Å². The van der Waals surface area contributed by atoms with Crippen LogP contribution in [0.3, 0.4) is 0 Å². The van der Waals surface area contributed by atoms with E-state index in [4.69, 9.17) is 0 Å². The molecule has 0 aromatic heterocycles. The molecule has 0 unspecified atom stereocenters. The first-order chi connectivity index (χ1) is 10.3. The highest BCUT2D eigenvalue weighted by molar-refractivity contribution is 6.04. The quantitative estimate of drug-likeness (QED) is 0.689. The highest BCUT2D eigenvalue weighted by atomic mass is 16.1. The van der Waals surface area contributed by atoms with Gasteiger partial charge in [0, 0.05) is 31.3 Å². The molecule has 3 heteroatoms. The highest BCUT2D eigenvalue weighted by Crippen LogP contribution is 2.14. The molecule has 1 fully saturated rings. The number of nitrogens with zero attached hydrogens (tertiary/aromatic N) is 1. The Morgan fingerprint density at radius 3 is 2.43 bits per heavy atom. The smallest absolute Gasteiger partial charge is 0.189 e. The fourth-order valence-electron chi connectivity index (χ4n) is 2.47. The van der Waals surface area contributed by atoms with Crippen molar-refractivity contribution in [1.82, 2.24) is 10.2 Å². The van der Waals surface area contributed by atoms with Crippen molar-refractivity contribution in [2.45, 2.75) is 6.54 Å². The Balaban J connectivity index is 1.74. The van der Waals surface area contributed by atoms with Gasteiger partial charge in [0.2, 0.25) is 0 Å².